The van der Waals surface area contributed by atoms with Gasteiger partial charge >= 0.3 is 13.1 Å². The molecule has 0 bridgehead atoms. The first-order valence-electron chi connectivity index (χ1n) is 9.03. The summed E-state index contributed by atoms with van der Waals surface area (Å²) < 4.78 is 5.37. The van der Waals surface area contributed by atoms with E-state index in [1.165, 1.54) is 6.07 Å². The Morgan fingerprint density at radius 1 is 1.17 bits per heavy atom. The predicted molar refractivity (Wildman–Crippen MR) is 103 cm³/mol. The Labute approximate surface area is 166 Å². The average Bonchev–Trinajstić information content (AvgIpc) is 3.16. The second-order valence-corrected chi connectivity index (χ2v) is 6.93. The maximum atomic E-state index is 12.7. The van der Waals surface area contributed by atoms with E-state index in [1.807, 2.05) is 6.07 Å². The van der Waals surface area contributed by atoms with Gasteiger partial charge in [0.15, 0.2) is 5.71 Å². The molecule has 148 valence electrons. The summed E-state index contributed by atoms with van der Waals surface area (Å²) in [6, 6.07) is 9.97. The number of carbonyl (C=O) groups is 2. The number of nitrogens with zero attached hydrogens (tertiary/aromatic N) is 1. The average molecular weight is 395 g/mol. The van der Waals surface area contributed by atoms with Gasteiger partial charge in [0.25, 0.3) is 5.91 Å². The third kappa shape index (κ3) is 3.55. The van der Waals surface area contributed by atoms with Crippen molar-refractivity contribution in [2.24, 2.45) is 5.16 Å². The molecule has 0 saturated heterocycles. The summed E-state index contributed by atoms with van der Waals surface area (Å²) in [5.74, 6) is -2.60. The summed E-state index contributed by atoms with van der Waals surface area (Å²) in [6.07, 6.45) is 0.163. The molecule has 5 N–H and O–H groups in total. The summed E-state index contributed by atoms with van der Waals surface area (Å²) in [5, 5.41) is 37.9. The number of aromatic carboxylic acids is 1. The number of nitrogens with one attached hydrogen (secondary N) is 2. The summed E-state index contributed by atoms with van der Waals surface area (Å²) >= 11 is 0. The number of amides is 1. The van der Waals surface area contributed by atoms with E-state index >= 15 is 0 Å². The Kier molecular flexibility index (Phi) is 4.95. The fourth-order valence-corrected chi connectivity index (χ4v) is 3.63. The lowest BCUT2D eigenvalue weighted by atomic mass is 9.72. The van der Waals surface area contributed by atoms with Crippen molar-refractivity contribution in [3.8, 4) is 5.75 Å². The van der Waals surface area contributed by atoms with Gasteiger partial charge in [-0.3, -0.25) is 4.79 Å². The number of benzene rings is 2. The van der Waals surface area contributed by atoms with E-state index in [0.717, 1.165) is 17.7 Å². The van der Waals surface area contributed by atoms with Crippen molar-refractivity contribution in [1.29, 1.82) is 0 Å². The van der Waals surface area contributed by atoms with Crippen molar-refractivity contribution < 1.29 is 29.6 Å². The Balaban J connectivity index is 1.53. The van der Waals surface area contributed by atoms with Crippen molar-refractivity contribution in [2.45, 2.75) is 25.5 Å². The van der Waals surface area contributed by atoms with Crippen LogP contribution in [0, 0.1) is 0 Å². The molecular formula is C19H18BN3O6. The van der Waals surface area contributed by atoms with Crippen LogP contribution in [0.4, 0.5) is 0 Å². The van der Waals surface area contributed by atoms with Crippen LogP contribution in [0.15, 0.2) is 41.6 Å². The maximum absolute atomic E-state index is 12.7. The molecule has 9 nitrogen and oxygen atoms in total. The Bertz CT molecular complexity index is 1020. The second kappa shape index (κ2) is 7.57. The first-order chi connectivity index (χ1) is 14.0. The lowest BCUT2D eigenvalue weighted by molar-refractivity contribution is -0.115. The molecule has 2 aromatic rings. The molecule has 0 aromatic heterocycles. The maximum Gasteiger partial charge on any atom is 0.547 e. The predicted octanol–water partition coefficient (Wildman–Crippen LogP) is 0.306. The molecule has 10 heteroatoms. The zero-order valence-electron chi connectivity index (χ0n) is 15.3. The molecule has 1 atom stereocenters. The topological polar surface area (TPSA) is 140 Å². The molecule has 1 amide bonds. The number of hydrogen-bond donors (Lipinski definition) is 5. The fraction of sp³-hybridized carbons (Fsp3) is 0.211. The number of para-hydroxylation sites is 1. The standard InChI is InChI=1S/C19H18BN3O6/c24-18(16(23-28)10-4-5-12-8-21-9-13(12)6-10)22-15-7-11-2-1-3-14(19(25)26)17(11)29-20(15)27/h1-6,15,21,27-28H,7-9H2,(H,22,24)(H,25,26)/b23-16-/t15-/m0/s1. The zero-order chi connectivity index (χ0) is 20.5. The Morgan fingerprint density at radius 2 is 1.97 bits per heavy atom. The van der Waals surface area contributed by atoms with E-state index in [-0.39, 0.29) is 23.4 Å². The highest BCUT2D eigenvalue weighted by atomic mass is 16.5. The lowest BCUT2D eigenvalue weighted by Crippen LogP contribution is -2.54. The molecule has 4 rings (SSSR count). The number of fused-ring (bicyclic) bond motifs is 2. The molecule has 0 fully saturated rings. The summed E-state index contributed by atoms with van der Waals surface area (Å²) in [5.41, 5.74) is 2.90. The molecule has 2 aromatic carbocycles. The molecule has 0 aliphatic carbocycles. The molecule has 2 aliphatic heterocycles. The molecule has 0 saturated carbocycles. The fourth-order valence-electron chi connectivity index (χ4n) is 3.63. The number of oxime groups is 1. The van der Waals surface area contributed by atoms with Crippen LogP contribution in [-0.2, 0) is 24.3 Å². The van der Waals surface area contributed by atoms with E-state index in [4.69, 9.17) is 4.65 Å². The third-order valence-electron chi connectivity index (χ3n) is 5.09. The van der Waals surface area contributed by atoms with Crippen LogP contribution < -0.4 is 15.3 Å². The van der Waals surface area contributed by atoms with Gasteiger partial charge in [-0.15, -0.1) is 0 Å². The van der Waals surface area contributed by atoms with E-state index in [2.05, 4.69) is 15.8 Å². The Morgan fingerprint density at radius 3 is 2.72 bits per heavy atom. The molecule has 0 spiro atoms. The molecule has 2 aliphatic rings. The number of hydrogen-bond acceptors (Lipinski definition) is 7. The van der Waals surface area contributed by atoms with Gasteiger partial charge in [0, 0.05) is 18.7 Å². The van der Waals surface area contributed by atoms with E-state index < -0.39 is 24.9 Å². The molecule has 2 heterocycles. The van der Waals surface area contributed by atoms with Gasteiger partial charge in [-0.2, -0.15) is 0 Å². The minimum Gasteiger partial charge on any atom is -0.534 e. The van der Waals surface area contributed by atoms with Crippen molar-refractivity contribution in [3.05, 3.63) is 64.2 Å². The van der Waals surface area contributed by atoms with Crippen LogP contribution in [0.5, 0.6) is 5.75 Å². The first kappa shape index (κ1) is 19.0. The van der Waals surface area contributed by atoms with Gasteiger partial charge in [0.1, 0.15) is 5.75 Å². The smallest absolute Gasteiger partial charge is 0.534 e. The van der Waals surface area contributed by atoms with Gasteiger partial charge in [0.2, 0.25) is 0 Å². The van der Waals surface area contributed by atoms with Crippen molar-refractivity contribution in [2.75, 3.05) is 0 Å². The molecule has 29 heavy (non-hydrogen) atoms. The third-order valence-corrected chi connectivity index (χ3v) is 5.09. The van der Waals surface area contributed by atoms with Crippen LogP contribution in [0.3, 0.4) is 0 Å². The molecular weight excluding hydrogens is 377 g/mol. The molecule has 0 unspecified atom stereocenters. The van der Waals surface area contributed by atoms with E-state index in [9.17, 15) is 24.9 Å². The summed E-state index contributed by atoms with van der Waals surface area (Å²) in [6.45, 7) is 1.41. The van der Waals surface area contributed by atoms with Crippen molar-refractivity contribution in [3.63, 3.8) is 0 Å². The van der Waals surface area contributed by atoms with Gasteiger partial charge < -0.3 is 30.6 Å². The van der Waals surface area contributed by atoms with Gasteiger partial charge in [0.05, 0.1) is 11.5 Å². The number of carboxylic acids is 1. The van der Waals surface area contributed by atoms with E-state index in [1.54, 1.807) is 24.3 Å². The minimum absolute atomic E-state index is 0.0595. The van der Waals surface area contributed by atoms with Crippen LogP contribution in [-0.4, -0.2) is 46.0 Å². The van der Waals surface area contributed by atoms with Crippen LogP contribution in [0.2, 0.25) is 0 Å². The normalized spacial score (nSPS) is 17.9. The SMILES string of the molecule is O=C(N[C@H]1Cc2cccc(C(=O)O)c2OB1O)/C(=N\O)c1ccc2c(c1)CNC2. The van der Waals surface area contributed by atoms with Crippen LogP contribution in [0.25, 0.3) is 0 Å². The highest BCUT2D eigenvalue weighted by Gasteiger charge is 2.38. The van der Waals surface area contributed by atoms with Gasteiger partial charge in [-0.25, -0.2) is 4.79 Å². The summed E-state index contributed by atoms with van der Waals surface area (Å²) in [7, 11) is -1.45. The van der Waals surface area contributed by atoms with Crippen LogP contribution in [0.1, 0.15) is 32.6 Å². The second-order valence-electron chi connectivity index (χ2n) is 6.93. The van der Waals surface area contributed by atoms with E-state index in [0.29, 0.717) is 17.7 Å². The van der Waals surface area contributed by atoms with Crippen molar-refractivity contribution in [1.82, 2.24) is 10.6 Å². The highest BCUT2D eigenvalue weighted by molar-refractivity contribution is 6.50. The number of rotatable bonds is 4. The Hall–Kier alpha value is -3.37. The summed E-state index contributed by atoms with van der Waals surface area (Å²) in [4.78, 5) is 24.0. The van der Waals surface area contributed by atoms with Gasteiger partial charge in [-0.1, -0.05) is 29.4 Å². The van der Waals surface area contributed by atoms with Crippen LogP contribution >= 0.6 is 0 Å². The van der Waals surface area contributed by atoms with Gasteiger partial charge in [-0.05, 0) is 35.2 Å². The largest absolute Gasteiger partial charge is 0.547 e. The number of carbonyl (C=O) groups excluding carboxylic acids is 1. The highest BCUT2D eigenvalue weighted by Crippen LogP contribution is 2.30. The minimum atomic E-state index is -1.45. The number of carboxylic acid groups (broad SMARTS) is 1. The quantitative estimate of drug-likeness (QED) is 0.217. The monoisotopic (exact) mass is 395 g/mol. The molecule has 0 radical (unpaired) electrons. The first-order valence-corrected chi connectivity index (χ1v) is 9.03. The zero-order valence-corrected chi connectivity index (χ0v) is 15.3. The lowest BCUT2D eigenvalue weighted by Gasteiger charge is -2.28. The van der Waals surface area contributed by atoms with Crippen molar-refractivity contribution >= 4 is 24.7 Å².